The van der Waals surface area contributed by atoms with Crippen molar-refractivity contribution in [3.63, 3.8) is 0 Å². The Morgan fingerprint density at radius 1 is 0.600 bits per heavy atom. The van der Waals surface area contributed by atoms with E-state index in [9.17, 15) is 9.59 Å². The van der Waals surface area contributed by atoms with E-state index in [1.165, 1.54) is 89.9 Å². The predicted molar refractivity (Wildman–Crippen MR) is 163 cm³/mol. The number of ether oxygens (including phenoxy) is 2. The van der Waals surface area contributed by atoms with Crippen molar-refractivity contribution in [2.45, 2.75) is 129 Å². The first-order chi connectivity index (χ1) is 19.6. The lowest BCUT2D eigenvalue weighted by molar-refractivity contribution is -0.697. The van der Waals surface area contributed by atoms with Gasteiger partial charge in [-0.05, 0) is 18.4 Å². The van der Waals surface area contributed by atoms with E-state index >= 15 is 0 Å². The topological polar surface area (TPSA) is 80.5 Å². The number of nitrogens with zero attached hydrogens (tertiary/aromatic N) is 1. The summed E-state index contributed by atoms with van der Waals surface area (Å²) >= 11 is 0. The van der Waals surface area contributed by atoms with Crippen LogP contribution < -0.4 is 15.2 Å². The van der Waals surface area contributed by atoms with Crippen LogP contribution in [0.5, 0.6) is 0 Å². The van der Waals surface area contributed by atoms with Crippen molar-refractivity contribution in [2.75, 3.05) is 26.3 Å². The Kier molecular flexibility index (Phi) is 23.6. The summed E-state index contributed by atoms with van der Waals surface area (Å²) in [6.07, 6.45) is 26.2. The molecule has 0 fully saturated rings. The molecule has 0 aromatic carbocycles. The molecular formula is C33H58N3O4+. The maximum atomic E-state index is 11.9. The van der Waals surface area contributed by atoms with Gasteiger partial charge in [0.05, 0.1) is 0 Å². The Morgan fingerprint density at radius 3 is 1.45 bits per heavy atom. The Labute approximate surface area is 244 Å². The molecule has 0 aliphatic heterocycles. The van der Waals surface area contributed by atoms with E-state index in [2.05, 4.69) is 28.7 Å². The van der Waals surface area contributed by atoms with Gasteiger partial charge in [0.2, 0.25) is 0 Å². The van der Waals surface area contributed by atoms with Crippen LogP contribution in [0.15, 0.2) is 42.7 Å². The maximum Gasteiger partial charge on any atom is 0.407 e. The average molecular weight is 561 g/mol. The van der Waals surface area contributed by atoms with Gasteiger partial charge in [0.25, 0.3) is 0 Å². The third kappa shape index (κ3) is 23.3. The molecule has 0 saturated heterocycles. The lowest BCUT2D eigenvalue weighted by atomic mass is 10.0. The van der Waals surface area contributed by atoms with E-state index in [4.69, 9.17) is 9.47 Å². The number of carbonyl (C=O) groups excluding carboxylic acids is 2. The van der Waals surface area contributed by atoms with Gasteiger partial charge in [0.15, 0.2) is 12.4 Å². The third-order valence-electron chi connectivity index (χ3n) is 7.00. The van der Waals surface area contributed by atoms with Crippen LogP contribution in [0.25, 0.3) is 0 Å². The maximum absolute atomic E-state index is 11.9. The summed E-state index contributed by atoms with van der Waals surface area (Å²) in [6, 6.07) is 5.98. The van der Waals surface area contributed by atoms with Crippen LogP contribution >= 0.6 is 0 Å². The van der Waals surface area contributed by atoms with Crippen LogP contribution in [0.1, 0.15) is 122 Å². The lowest BCUT2D eigenvalue weighted by Crippen LogP contribution is -2.33. The van der Waals surface area contributed by atoms with Crippen LogP contribution in [-0.4, -0.2) is 38.5 Å². The van der Waals surface area contributed by atoms with Crippen LogP contribution in [-0.2, 0) is 16.0 Å². The zero-order valence-electron chi connectivity index (χ0n) is 25.4. The molecular weight excluding hydrogens is 502 g/mol. The molecule has 40 heavy (non-hydrogen) atoms. The summed E-state index contributed by atoms with van der Waals surface area (Å²) in [5.74, 6) is 0. The molecule has 228 valence electrons. The third-order valence-corrected chi connectivity index (χ3v) is 7.00. The van der Waals surface area contributed by atoms with Gasteiger partial charge < -0.3 is 20.1 Å². The summed E-state index contributed by atoms with van der Waals surface area (Å²) in [7, 11) is 0. The zero-order chi connectivity index (χ0) is 28.9. The van der Waals surface area contributed by atoms with E-state index in [1.807, 2.05) is 30.6 Å². The SMILES string of the molecule is C=C(COC(=O)NCCCCCCCCCCCCCCCCCC)COC(=O)NCCCC[n+]1ccccc1. The highest BCUT2D eigenvalue weighted by molar-refractivity contribution is 5.68. The van der Waals surface area contributed by atoms with Gasteiger partial charge in [-0.3, -0.25) is 0 Å². The molecule has 1 aromatic heterocycles. The van der Waals surface area contributed by atoms with Crippen molar-refractivity contribution in [1.82, 2.24) is 10.6 Å². The number of unbranched alkanes of at least 4 members (excludes halogenated alkanes) is 16. The number of amides is 2. The van der Waals surface area contributed by atoms with Crippen molar-refractivity contribution in [1.29, 1.82) is 0 Å². The highest BCUT2D eigenvalue weighted by Gasteiger charge is 2.07. The lowest BCUT2D eigenvalue weighted by Gasteiger charge is -2.10. The number of hydrogen-bond donors (Lipinski definition) is 2. The van der Waals surface area contributed by atoms with Crippen LogP contribution in [0.2, 0.25) is 0 Å². The monoisotopic (exact) mass is 560 g/mol. The van der Waals surface area contributed by atoms with E-state index < -0.39 is 12.2 Å². The molecule has 7 heteroatoms. The van der Waals surface area contributed by atoms with E-state index in [-0.39, 0.29) is 13.2 Å². The van der Waals surface area contributed by atoms with Gasteiger partial charge in [0.1, 0.15) is 19.8 Å². The van der Waals surface area contributed by atoms with E-state index in [0.29, 0.717) is 18.7 Å². The van der Waals surface area contributed by atoms with Gasteiger partial charge in [-0.2, -0.15) is 0 Å². The minimum Gasteiger partial charge on any atom is -0.445 e. The van der Waals surface area contributed by atoms with Gasteiger partial charge in [-0.15, -0.1) is 0 Å². The second kappa shape index (κ2) is 26.6. The quantitative estimate of drug-likeness (QED) is 0.0683. The second-order valence-electron chi connectivity index (χ2n) is 10.9. The smallest absolute Gasteiger partial charge is 0.407 e. The van der Waals surface area contributed by atoms with Gasteiger partial charge in [0, 0.05) is 31.6 Å². The molecule has 7 nitrogen and oxygen atoms in total. The minimum atomic E-state index is -0.485. The largest absolute Gasteiger partial charge is 0.445 e. The Balaban J connectivity index is 1.82. The molecule has 0 saturated carbocycles. The van der Waals surface area contributed by atoms with Crippen molar-refractivity contribution in [2.24, 2.45) is 0 Å². The fourth-order valence-electron chi connectivity index (χ4n) is 4.54. The first-order valence-corrected chi connectivity index (χ1v) is 16.0. The molecule has 1 aromatic rings. The number of carbonyl (C=O) groups is 2. The summed E-state index contributed by atoms with van der Waals surface area (Å²) in [5, 5.41) is 5.51. The van der Waals surface area contributed by atoms with Gasteiger partial charge in [-0.1, -0.05) is 116 Å². The molecule has 2 amide bonds. The highest BCUT2D eigenvalue weighted by atomic mass is 16.6. The molecule has 0 radical (unpaired) electrons. The number of hydrogen-bond acceptors (Lipinski definition) is 4. The molecule has 0 unspecified atom stereocenters. The molecule has 2 N–H and O–H groups in total. The first-order valence-electron chi connectivity index (χ1n) is 16.0. The second-order valence-corrected chi connectivity index (χ2v) is 10.9. The van der Waals surface area contributed by atoms with Crippen LogP contribution in [0, 0.1) is 0 Å². The summed E-state index contributed by atoms with van der Waals surface area (Å²) in [5.41, 5.74) is 0.535. The predicted octanol–water partition coefficient (Wildman–Crippen LogP) is 8.02. The Morgan fingerprint density at radius 2 is 1.00 bits per heavy atom. The fraction of sp³-hybridized carbons (Fsp3) is 0.727. The van der Waals surface area contributed by atoms with Gasteiger partial charge in [-0.25, -0.2) is 14.2 Å². The van der Waals surface area contributed by atoms with E-state index in [0.717, 1.165) is 32.2 Å². The number of alkyl carbamates (subject to hydrolysis) is 2. The Bertz CT molecular complexity index is 757. The summed E-state index contributed by atoms with van der Waals surface area (Å²) in [6.45, 7) is 8.22. The number of aromatic nitrogens is 1. The molecule has 0 aliphatic carbocycles. The fourth-order valence-corrected chi connectivity index (χ4v) is 4.54. The molecule has 1 heterocycles. The molecule has 1 rings (SSSR count). The minimum absolute atomic E-state index is 0.0259. The van der Waals surface area contributed by atoms with Crippen molar-refractivity contribution in [3.8, 4) is 0 Å². The first kappa shape index (κ1) is 35.5. The number of rotatable bonds is 26. The van der Waals surface area contributed by atoms with Crippen molar-refractivity contribution >= 4 is 12.2 Å². The van der Waals surface area contributed by atoms with Gasteiger partial charge >= 0.3 is 12.2 Å². The Hall–Kier alpha value is -2.57. The molecule has 0 spiro atoms. The summed E-state index contributed by atoms with van der Waals surface area (Å²) in [4.78, 5) is 23.7. The van der Waals surface area contributed by atoms with Crippen molar-refractivity contribution in [3.05, 3.63) is 42.7 Å². The normalized spacial score (nSPS) is 10.7. The molecule has 0 atom stereocenters. The molecule has 0 bridgehead atoms. The average Bonchev–Trinajstić information content (AvgIpc) is 2.97. The number of pyridine rings is 1. The van der Waals surface area contributed by atoms with Crippen LogP contribution in [0.3, 0.4) is 0 Å². The number of nitrogens with one attached hydrogen (secondary N) is 2. The number of aryl methyl sites for hydroxylation is 1. The van der Waals surface area contributed by atoms with Crippen molar-refractivity contribution < 1.29 is 23.6 Å². The van der Waals surface area contributed by atoms with Crippen LogP contribution in [0.4, 0.5) is 9.59 Å². The standard InChI is InChI=1S/C33H57N3O4/c1-3-4-5-6-7-8-9-10-11-12-13-14-15-16-17-19-24-34-32(37)39-29-31(2)30-40-33(38)35-25-20-23-28-36-26-21-18-22-27-36/h18,21-22,26-27H,2-17,19-20,23-25,28-30H2,1H3,(H-,34,35,37,38)/p+1. The zero-order valence-corrected chi connectivity index (χ0v) is 25.4. The summed E-state index contributed by atoms with van der Waals surface area (Å²) < 4.78 is 12.4. The molecule has 0 aliphatic rings. The van der Waals surface area contributed by atoms with E-state index in [1.54, 1.807) is 0 Å². The highest BCUT2D eigenvalue weighted by Crippen LogP contribution is 2.13.